The highest BCUT2D eigenvalue weighted by molar-refractivity contribution is 4.62. The maximum Gasteiger partial charge on any atom is 0.0615 e. The van der Waals surface area contributed by atoms with Crippen molar-refractivity contribution in [3.8, 4) is 0 Å². The van der Waals surface area contributed by atoms with Crippen LogP contribution in [0, 0.1) is 0 Å². The van der Waals surface area contributed by atoms with E-state index in [1.54, 1.807) is 7.11 Å². The van der Waals surface area contributed by atoms with Crippen LogP contribution in [0.25, 0.3) is 0 Å². The van der Waals surface area contributed by atoms with Crippen LogP contribution in [0.5, 0.6) is 0 Å². The van der Waals surface area contributed by atoms with Crippen molar-refractivity contribution in [2.24, 2.45) is 0 Å². The monoisotopic (exact) mass is 147 g/mol. The molecule has 0 rings (SSSR count). The molecule has 2 N–H and O–H groups in total. The molecule has 0 spiro atoms. The van der Waals surface area contributed by atoms with E-state index in [0.717, 1.165) is 19.4 Å². The molecule has 0 saturated heterocycles. The van der Waals surface area contributed by atoms with Crippen LogP contribution >= 0.6 is 0 Å². The van der Waals surface area contributed by atoms with Crippen molar-refractivity contribution in [1.29, 1.82) is 0 Å². The number of rotatable bonds is 6. The summed E-state index contributed by atoms with van der Waals surface area (Å²) < 4.78 is 4.95. The van der Waals surface area contributed by atoms with Gasteiger partial charge in [0.15, 0.2) is 0 Å². The van der Waals surface area contributed by atoms with Gasteiger partial charge in [-0.3, -0.25) is 0 Å². The molecule has 0 aromatic heterocycles. The van der Waals surface area contributed by atoms with Crippen LogP contribution in [0.2, 0.25) is 0 Å². The molecule has 10 heavy (non-hydrogen) atoms. The van der Waals surface area contributed by atoms with Crippen molar-refractivity contribution in [1.82, 2.24) is 5.32 Å². The van der Waals surface area contributed by atoms with Gasteiger partial charge in [-0.2, -0.15) is 0 Å². The van der Waals surface area contributed by atoms with Gasteiger partial charge in [-0.25, -0.2) is 0 Å². The van der Waals surface area contributed by atoms with Crippen LogP contribution in [0.1, 0.15) is 12.8 Å². The van der Waals surface area contributed by atoms with Gasteiger partial charge in [0.1, 0.15) is 0 Å². The number of nitrogens with one attached hydrogen (secondary N) is 1. The van der Waals surface area contributed by atoms with Gasteiger partial charge in [0, 0.05) is 19.8 Å². The highest BCUT2D eigenvalue weighted by Gasteiger charge is 2.02. The number of hydrogen-bond donors (Lipinski definition) is 2. The minimum Gasteiger partial charge on any atom is -0.396 e. The molecule has 1 unspecified atom stereocenters. The van der Waals surface area contributed by atoms with Crippen molar-refractivity contribution in [2.45, 2.75) is 18.9 Å². The molecule has 0 aromatic rings. The minimum absolute atomic E-state index is 0.266. The maximum atomic E-state index is 8.51. The van der Waals surface area contributed by atoms with Crippen molar-refractivity contribution >= 4 is 0 Å². The average molecular weight is 147 g/mol. The van der Waals surface area contributed by atoms with Gasteiger partial charge in [-0.15, -0.1) is 0 Å². The second kappa shape index (κ2) is 6.99. The Balaban J connectivity index is 3.21. The second-order valence-electron chi connectivity index (χ2n) is 2.31. The van der Waals surface area contributed by atoms with Gasteiger partial charge >= 0.3 is 0 Å². The fourth-order valence-electron chi connectivity index (χ4n) is 0.850. The number of aliphatic hydroxyl groups excluding tert-OH is 1. The number of hydrogen-bond acceptors (Lipinski definition) is 3. The quantitative estimate of drug-likeness (QED) is 0.555. The van der Waals surface area contributed by atoms with Crippen LogP contribution in [0.15, 0.2) is 0 Å². The van der Waals surface area contributed by atoms with Crippen molar-refractivity contribution in [3.05, 3.63) is 0 Å². The Labute approximate surface area is 62.4 Å². The standard InChI is InChI=1S/C7H17NO2/c1-8-7(6-10-2)4-3-5-9/h7-9H,3-6H2,1-2H3. The summed E-state index contributed by atoms with van der Waals surface area (Å²) in [6, 6.07) is 0.386. The smallest absolute Gasteiger partial charge is 0.0615 e. The summed E-state index contributed by atoms with van der Waals surface area (Å²) in [6.45, 7) is 0.985. The first-order chi connectivity index (χ1) is 4.85. The zero-order chi connectivity index (χ0) is 7.82. The Morgan fingerprint density at radius 3 is 2.70 bits per heavy atom. The van der Waals surface area contributed by atoms with Crippen LogP contribution in [-0.4, -0.2) is 38.5 Å². The van der Waals surface area contributed by atoms with E-state index in [0.29, 0.717) is 6.04 Å². The van der Waals surface area contributed by atoms with Gasteiger partial charge in [-0.05, 0) is 19.9 Å². The molecule has 62 valence electrons. The lowest BCUT2D eigenvalue weighted by Gasteiger charge is -2.13. The summed E-state index contributed by atoms with van der Waals surface area (Å²) in [6.07, 6.45) is 1.82. The van der Waals surface area contributed by atoms with Gasteiger partial charge in [0.2, 0.25) is 0 Å². The van der Waals surface area contributed by atoms with E-state index < -0.39 is 0 Å². The van der Waals surface area contributed by atoms with Crippen LogP contribution in [-0.2, 0) is 4.74 Å². The Morgan fingerprint density at radius 1 is 1.60 bits per heavy atom. The molecule has 0 saturated carbocycles. The number of likely N-dealkylation sites (N-methyl/N-ethyl adjacent to an activating group) is 1. The molecule has 3 heteroatoms. The first-order valence-electron chi connectivity index (χ1n) is 3.62. The second-order valence-corrected chi connectivity index (χ2v) is 2.31. The number of ether oxygens (including phenoxy) is 1. The topological polar surface area (TPSA) is 41.5 Å². The molecule has 0 radical (unpaired) electrons. The highest BCUT2D eigenvalue weighted by Crippen LogP contribution is 1.95. The molecule has 0 aliphatic rings. The summed E-state index contributed by atoms with van der Waals surface area (Å²) in [5, 5.41) is 11.6. The van der Waals surface area contributed by atoms with Crippen LogP contribution in [0.4, 0.5) is 0 Å². The Kier molecular flexibility index (Phi) is 6.91. The minimum atomic E-state index is 0.266. The predicted molar refractivity (Wildman–Crippen MR) is 41.0 cm³/mol. The summed E-state index contributed by atoms with van der Waals surface area (Å²) in [5.41, 5.74) is 0. The molecule has 0 aliphatic carbocycles. The van der Waals surface area contributed by atoms with Crippen LogP contribution in [0.3, 0.4) is 0 Å². The van der Waals surface area contributed by atoms with Crippen molar-refractivity contribution in [3.63, 3.8) is 0 Å². The van der Waals surface area contributed by atoms with E-state index in [2.05, 4.69) is 5.32 Å². The molecule has 0 bridgehead atoms. The summed E-state index contributed by atoms with van der Waals surface area (Å²) in [7, 11) is 3.59. The van der Waals surface area contributed by atoms with E-state index in [1.807, 2.05) is 7.05 Å². The van der Waals surface area contributed by atoms with E-state index >= 15 is 0 Å². The Morgan fingerprint density at radius 2 is 2.30 bits per heavy atom. The van der Waals surface area contributed by atoms with E-state index in [4.69, 9.17) is 9.84 Å². The molecule has 0 aromatic carbocycles. The predicted octanol–water partition coefficient (Wildman–Crippen LogP) is -0.00670. The van der Waals surface area contributed by atoms with Gasteiger partial charge < -0.3 is 15.2 Å². The largest absolute Gasteiger partial charge is 0.396 e. The third-order valence-electron chi connectivity index (χ3n) is 1.49. The SMILES string of the molecule is CNC(CCCO)COC. The molecule has 1 atom stereocenters. The summed E-state index contributed by atoms with van der Waals surface area (Å²) >= 11 is 0. The molecule has 0 fully saturated rings. The third-order valence-corrected chi connectivity index (χ3v) is 1.49. The first kappa shape index (κ1) is 9.88. The zero-order valence-electron chi connectivity index (χ0n) is 6.76. The average Bonchev–Trinajstić information content (AvgIpc) is 1.98. The highest BCUT2D eigenvalue weighted by atomic mass is 16.5. The van der Waals surface area contributed by atoms with Crippen molar-refractivity contribution < 1.29 is 9.84 Å². The van der Waals surface area contributed by atoms with E-state index in [1.165, 1.54) is 0 Å². The summed E-state index contributed by atoms with van der Waals surface area (Å²) in [5.74, 6) is 0. The Hall–Kier alpha value is -0.120. The van der Waals surface area contributed by atoms with E-state index in [9.17, 15) is 0 Å². The van der Waals surface area contributed by atoms with Gasteiger partial charge in [-0.1, -0.05) is 0 Å². The fraction of sp³-hybridized carbons (Fsp3) is 1.00. The summed E-state index contributed by atoms with van der Waals surface area (Å²) in [4.78, 5) is 0. The molecule has 0 aliphatic heterocycles. The molecule has 0 amide bonds. The van der Waals surface area contributed by atoms with E-state index in [-0.39, 0.29) is 6.61 Å². The number of methoxy groups -OCH3 is 1. The third kappa shape index (κ3) is 4.73. The molecule has 0 heterocycles. The lowest BCUT2D eigenvalue weighted by Crippen LogP contribution is -2.29. The van der Waals surface area contributed by atoms with Crippen LogP contribution < -0.4 is 5.32 Å². The fourth-order valence-corrected chi connectivity index (χ4v) is 0.850. The molecular weight excluding hydrogens is 130 g/mol. The van der Waals surface area contributed by atoms with Crippen molar-refractivity contribution in [2.75, 3.05) is 27.4 Å². The lowest BCUT2D eigenvalue weighted by atomic mass is 10.2. The lowest BCUT2D eigenvalue weighted by molar-refractivity contribution is 0.160. The zero-order valence-corrected chi connectivity index (χ0v) is 6.76. The first-order valence-corrected chi connectivity index (χ1v) is 3.62. The normalized spacial score (nSPS) is 13.5. The maximum absolute atomic E-state index is 8.51. The van der Waals surface area contributed by atoms with Gasteiger partial charge in [0.25, 0.3) is 0 Å². The Bertz CT molecular complexity index is 68.6. The molecular formula is C7H17NO2. The number of aliphatic hydroxyl groups is 1. The van der Waals surface area contributed by atoms with Gasteiger partial charge in [0.05, 0.1) is 6.61 Å². The molecule has 3 nitrogen and oxygen atoms in total.